The first-order valence-electron chi connectivity index (χ1n) is 6.23. The van der Waals surface area contributed by atoms with Gasteiger partial charge in [0.2, 0.25) is 5.91 Å². The topological polar surface area (TPSA) is 66.6 Å². The highest BCUT2D eigenvalue weighted by Crippen LogP contribution is 2.21. The maximum atomic E-state index is 12.0. The summed E-state index contributed by atoms with van der Waals surface area (Å²) in [5, 5.41) is 9.75. The van der Waals surface area contributed by atoms with Crippen LogP contribution in [0.3, 0.4) is 0 Å². The molecule has 102 valence electrons. The second-order valence-corrected chi connectivity index (χ2v) is 4.89. The molecule has 4 atom stereocenters. The molecule has 1 amide bonds. The maximum absolute atomic E-state index is 12.0. The number of hydrogen-bond donors (Lipinski definition) is 2. The smallest absolute Gasteiger partial charge is 0.239 e. The van der Waals surface area contributed by atoms with E-state index in [2.05, 4.69) is 0 Å². The number of carbonyl (C=O) groups excluding carboxylic acids is 1. The monoisotopic (exact) mass is 264 g/mol. The number of nitrogens with zero attached hydrogens (tertiary/aromatic N) is 1. The van der Waals surface area contributed by atoms with Gasteiger partial charge in [-0.3, -0.25) is 4.79 Å². The molecule has 1 saturated heterocycles. The Balaban J connectivity index is 0.00000256. The predicted molar refractivity (Wildman–Crippen MR) is 71.0 cm³/mol. The number of rotatable bonds is 4. The molecule has 17 heavy (non-hydrogen) atoms. The lowest BCUT2D eigenvalue weighted by atomic mass is 9.99. The van der Waals surface area contributed by atoms with Gasteiger partial charge in [0.05, 0.1) is 12.1 Å². The average Bonchev–Trinajstić information content (AvgIpc) is 2.67. The van der Waals surface area contributed by atoms with E-state index >= 15 is 0 Å². The summed E-state index contributed by atoms with van der Waals surface area (Å²) in [5.74, 6) is 0.405. The van der Waals surface area contributed by atoms with E-state index < -0.39 is 6.04 Å². The molecule has 1 rings (SSSR count). The van der Waals surface area contributed by atoms with Gasteiger partial charge < -0.3 is 15.7 Å². The lowest BCUT2D eigenvalue weighted by molar-refractivity contribution is -0.133. The van der Waals surface area contributed by atoms with E-state index in [-0.39, 0.29) is 36.3 Å². The number of likely N-dealkylation sites (tertiary alicyclic amines) is 1. The summed E-state index contributed by atoms with van der Waals surface area (Å²) in [5.41, 5.74) is 5.91. The van der Waals surface area contributed by atoms with Gasteiger partial charge in [0, 0.05) is 19.0 Å². The summed E-state index contributed by atoms with van der Waals surface area (Å²) in [6.07, 6.45) is 1.43. The first-order chi connectivity index (χ1) is 7.51. The third kappa shape index (κ3) is 3.83. The van der Waals surface area contributed by atoms with Crippen molar-refractivity contribution >= 4 is 18.3 Å². The minimum absolute atomic E-state index is 0. The fraction of sp³-hybridized carbons (Fsp3) is 0.917. The highest BCUT2D eigenvalue weighted by molar-refractivity contribution is 5.85. The molecular formula is C12H25ClN2O2. The molecule has 1 aliphatic heterocycles. The molecule has 1 heterocycles. The van der Waals surface area contributed by atoms with Crippen LogP contribution in [0.15, 0.2) is 0 Å². The van der Waals surface area contributed by atoms with Gasteiger partial charge in [0.15, 0.2) is 0 Å². The van der Waals surface area contributed by atoms with Gasteiger partial charge in [-0.25, -0.2) is 0 Å². The first kappa shape index (κ1) is 16.7. The molecular weight excluding hydrogens is 240 g/mol. The van der Waals surface area contributed by atoms with Crippen LogP contribution in [-0.4, -0.2) is 41.1 Å². The number of aliphatic hydroxyl groups is 1. The zero-order valence-electron chi connectivity index (χ0n) is 10.9. The van der Waals surface area contributed by atoms with Crippen LogP contribution in [0.25, 0.3) is 0 Å². The Labute approximate surface area is 110 Å². The Morgan fingerprint density at radius 2 is 2.06 bits per heavy atom. The van der Waals surface area contributed by atoms with E-state index in [1.165, 1.54) is 0 Å². The van der Waals surface area contributed by atoms with Crippen molar-refractivity contribution in [2.24, 2.45) is 17.6 Å². The molecule has 0 aromatic carbocycles. The van der Waals surface area contributed by atoms with Crippen LogP contribution in [0, 0.1) is 11.8 Å². The van der Waals surface area contributed by atoms with Gasteiger partial charge in [0.1, 0.15) is 0 Å². The number of β-amino-alcohol motifs (C(OH)–C–C–N with tert-alkyl or cyclic N) is 1. The molecule has 0 aliphatic carbocycles. The van der Waals surface area contributed by atoms with Crippen molar-refractivity contribution in [3.63, 3.8) is 0 Å². The lowest BCUT2D eigenvalue weighted by Gasteiger charge is -2.24. The second-order valence-electron chi connectivity index (χ2n) is 4.89. The van der Waals surface area contributed by atoms with Crippen LogP contribution in [0.2, 0.25) is 0 Å². The summed E-state index contributed by atoms with van der Waals surface area (Å²) in [4.78, 5) is 13.8. The fourth-order valence-electron chi connectivity index (χ4n) is 2.14. The predicted octanol–water partition coefficient (Wildman–Crippen LogP) is 1.01. The van der Waals surface area contributed by atoms with Gasteiger partial charge in [0.25, 0.3) is 0 Å². The molecule has 3 N–H and O–H groups in total. The van der Waals surface area contributed by atoms with Crippen molar-refractivity contribution in [2.45, 2.75) is 45.8 Å². The van der Waals surface area contributed by atoms with Crippen molar-refractivity contribution in [2.75, 3.05) is 13.1 Å². The number of carbonyl (C=O) groups is 1. The number of halogens is 1. The Kier molecular flexibility index (Phi) is 7.05. The molecule has 4 unspecified atom stereocenters. The zero-order valence-corrected chi connectivity index (χ0v) is 11.7. The van der Waals surface area contributed by atoms with Crippen LogP contribution in [-0.2, 0) is 4.79 Å². The number of nitrogens with two attached hydrogens (primary N) is 1. The maximum Gasteiger partial charge on any atom is 0.239 e. The van der Waals surface area contributed by atoms with Crippen molar-refractivity contribution in [3.05, 3.63) is 0 Å². The van der Waals surface area contributed by atoms with Crippen molar-refractivity contribution in [3.8, 4) is 0 Å². The Morgan fingerprint density at radius 1 is 1.47 bits per heavy atom. The highest BCUT2D eigenvalue weighted by Gasteiger charge is 2.35. The molecule has 5 heteroatoms. The van der Waals surface area contributed by atoms with E-state index in [0.29, 0.717) is 13.1 Å². The molecule has 1 aliphatic rings. The molecule has 0 radical (unpaired) electrons. The summed E-state index contributed by atoms with van der Waals surface area (Å²) in [7, 11) is 0. The van der Waals surface area contributed by atoms with Gasteiger partial charge in [-0.05, 0) is 12.3 Å². The summed E-state index contributed by atoms with van der Waals surface area (Å²) < 4.78 is 0. The van der Waals surface area contributed by atoms with E-state index in [0.717, 1.165) is 12.8 Å². The minimum Gasteiger partial charge on any atom is -0.391 e. The van der Waals surface area contributed by atoms with Crippen LogP contribution < -0.4 is 5.73 Å². The Morgan fingerprint density at radius 3 is 2.47 bits per heavy atom. The van der Waals surface area contributed by atoms with Crippen molar-refractivity contribution in [1.29, 1.82) is 0 Å². The van der Waals surface area contributed by atoms with Crippen LogP contribution in [0.1, 0.15) is 33.6 Å². The number of aliphatic hydroxyl groups excluding tert-OH is 1. The quantitative estimate of drug-likeness (QED) is 0.797. The molecule has 0 bridgehead atoms. The standard InChI is InChI=1S/C12H24N2O2.ClH/c1-4-8(3)11(13)12(16)14-6-9(5-2)10(15)7-14;/h8-11,15H,4-7,13H2,1-3H3;1H. The summed E-state index contributed by atoms with van der Waals surface area (Å²) >= 11 is 0. The minimum atomic E-state index is -0.423. The van der Waals surface area contributed by atoms with Crippen LogP contribution in [0.4, 0.5) is 0 Å². The number of amides is 1. The van der Waals surface area contributed by atoms with E-state index in [1.807, 2.05) is 20.8 Å². The fourth-order valence-corrected chi connectivity index (χ4v) is 2.14. The van der Waals surface area contributed by atoms with Gasteiger partial charge in [-0.2, -0.15) is 0 Å². The van der Waals surface area contributed by atoms with Gasteiger partial charge in [-0.1, -0.05) is 27.2 Å². The zero-order chi connectivity index (χ0) is 12.3. The molecule has 1 fully saturated rings. The van der Waals surface area contributed by atoms with Crippen molar-refractivity contribution in [1.82, 2.24) is 4.90 Å². The first-order valence-corrected chi connectivity index (χ1v) is 6.23. The largest absolute Gasteiger partial charge is 0.391 e. The SMILES string of the molecule is CCC(C)C(N)C(=O)N1CC(O)C(CC)C1.Cl. The second kappa shape index (κ2) is 7.19. The van der Waals surface area contributed by atoms with Crippen LogP contribution >= 0.6 is 12.4 Å². The van der Waals surface area contributed by atoms with Gasteiger partial charge >= 0.3 is 0 Å². The Hall–Kier alpha value is -0.320. The molecule has 0 spiro atoms. The highest BCUT2D eigenvalue weighted by atomic mass is 35.5. The van der Waals surface area contributed by atoms with Crippen molar-refractivity contribution < 1.29 is 9.90 Å². The van der Waals surface area contributed by atoms with E-state index in [1.54, 1.807) is 4.90 Å². The number of hydrogen-bond acceptors (Lipinski definition) is 3. The summed E-state index contributed by atoms with van der Waals surface area (Å²) in [6.45, 7) is 7.16. The summed E-state index contributed by atoms with van der Waals surface area (Å²) in [6, 6.07) is -0.423. The normalized spacial score (nSPS) is 27.5. The van der Waals surface area contributed by atoms with E-state index in [9.17, 15) is 9.90 Å². The third-order valence-electron chi connectivity index (χ3n) is 3.78. The average molecular weight is 265 g/mol. The third-order valence-corrected chi connectivity index (χ3v) is 3.78. The lowest BCUT2D eigenvalue weighted by Crippen LogP contribution is -2.46. The molecule has 0 saturated carbocycles. The molecule has 0 aromatic heterocycles. The van der Waals surface area contributed by atoms with Crippen LogP contribution in [0.5, 0.6) is 0 Å². The molecule has 0 aromatic rings. The van der Waals surface area contributed by atoms with E-state index in [4.69, 9.17) is 5.73 Å². The van der Waals surface area contributed by atoms with Gasteiger partial charge in [-0.15, -0.1) is 12.4 Å². The Bertz CT molecular complexity index is 251. The molecule has 4 nitrogen and oxygen atoms in total.